The van der Waals surface area contributed by atoms with Crippen LogP contribution in [0.25, 0.3) is 0 Å². The van der Waals surface area contributed by atoms with Gasteiger partial charge in [0.25, 0.3) is 0 Å². The second kappa shape index (κ2) is 6.56. The maximum Gasteiger partial charge on any atom is 0.327 e. The van der Waals surface area contributed by atoms with Gasteiger partial charge in [-0.25, -0.2) is 9.59 Å². The summed E-state index contributed by atoms with van der Waals surface area (Å²) in [6.07, 6.45) is 2.28. The van der Waals surface area contributed by atoms with Crippen LogP contribution in [0.15, 0.2) is 0 Å². The summed E-state index contributed by atoms with van der Waals surface area (Å²) in [5, 5.41) is 11.9. The number of urea groups is 1. The molecule has 0 saturated carbocycles. The van der Waals surface area contributed by atoms with Crippen LogP contribution in [0.3, 0.4) is 0 Å². The van der Waals surface area contributed by atoms with Gasteiger partial charge in [0, 0.05) is 12.3 Å². The molecule has 2 heterocycles. The third kappa shape index (κ3) is 3.47. The van der Waals surface area contributed by atoms with E-state index >= 15 is 0 Å². The van der Waals surface area contributed by atoms with Gasteiger partial charge in [-0.2, -0.15) is 11.8 Å². The molecule has 1 unspecified atom stereocenters. The van der Waals surface area contributed by atoms with Gasteiger partial charge in [-0.1, -0.05) is 0 Å². The summed E-state index contributed by atoms with van der Waals surface area (Å²) in [7, 11) is 0. The molecular formula is C11H18N2O3S2. The van der Waals surface area contributed by atoms with Crippen LogP contribution < -0.4 is 5.32 Å². The Bertz CT molecular complexity index is 321. The normalized spacial score (nSPS) is 25.1. The summed E-state index contributed by atoms with van der Waals surface area (Å²) in [5.41, 5.74) is 0. The van der Waals surface area contributed by atoms with Crippen molar-refractivity contribution in [1.29, 1.82) is 0 Å². The van der Waals surface area contributed by atoms with Gasteiger partial charge < -0.3 is 15.3 Å². The molecule has 0 spiro atoms. The molecule has 0 bridgehead atoms. The number of carbonyl (C=O) groups excluding carboxylic acids is 1. The van der Waals surface area contributed by atoms with Crippen molar-refractivity contribution in [2.24, 2.45) is 5.92 Å². The number of aliphatic carboxylic acids is 1. The number of nitrogens with one attached hydrogen (secondary N) is 1. The molecule has 0 aromatic heterocycles. The number of hydrogen-bond acceptors (Lipinski definition) is 4. The Balaban J connectivity index is 1.78. The van der Waals surface area contributed by atoms with E-state index in [4.69, 9.17) is 5.11 Å². The van der Waals surface area contributed by atoms with E-state index in [0.717, 1.165) is 24.3 Å². The summed E-state index contributed by atoms with van der Waals surface area (Å²) < 4.78 is 0. The molecule has 2 N–H and O–H groups in total. The molecule has 0 aromatic carbocycles. The first-order chi connectivity index (χ1) is 8.68. The van der Waals surface area contributed by atoms with Crippen LogP contribution in [-0.4, -0.2) is 57.7 Å². The van der Waals surface area contributed by atoms with Crippen LogP contribution in [0, 0.1) is 5.92 Å². The zero-order chi connectivity index (χ0) is 13.0. The predicted molar refractivity (Wildman–Crippen MR) is 74.0 cm³/mol. The van der Waals surface area contributed by atoms with E-state index in [1.165, 1.54) is 16.7 Å². The number of hydrogen-bond donors (Lipinski definition) is 2. The molecular weight excluding hydrogens is 272 g/mol. The lowest BCUT2D eigenvalue weighted by Crippen LogP contribution is -2.48. The Morgan fingerprint density at radius 3 is 2.67 bits per heavy atom. The molecule has 2 rings (SSSR count). The number of amides is 2. The third-order valence-electron chi connectivity index (χ3n) is 3.31. The summed E-state index contributed by atoms with van der Waals surface area (Å²) in [4.78, 5) is 24.3. The monoisotopic (exact) mass is 290 g/mol. The van der Waals surface area contributed by atoms with Crippen molar-refractivity contribution in [2.45, 2.75) is 18.9 Å². The van der Waals surface area contributed by atoms with Gasteiger partial charge in [-0.3, -0.25) is 0 Å². The number of nitrogens with zero attached hydrogens (tertiary/aromatic N) is 1. The van der Waals surface area contributed by atoms with Crippen LogP contribution in [0.1, 0.15) is 12.8 Å². The molecule has 2 aliphatic rings. The molecule has 102 valence electrons. The first kappa shape index (κ1) is 13.9. The fourth-order valence-electron chi connectivity index (χ4n) is 2.13. The minimum atomic E-state index is -0.913. The highest BCUT2D eigenvalue weighted by Gasteiger charge is 2.34. The van der Waals surface area contributed by atoms with Crippen LogP contribution in [-0.2, 0) is 4.79 Å². The second-order valence-electron chi connectivity index (χ2n) is 4.57. The molecule has 2 saturated heterocycles. The zero-order valence-corrected chi connectivity index (χ0v) is 11.8. The molecule has 0 radical (unpaired) electrons. The Morgan fingerprint density at radius 2 is 2.00 bits per heavy atom. The Labute approximate surface area is 115 Å². The zero-order valence-electron chi connectivity index (χ0n) is 10.1. The van der Waals surface area contributed by atoms with Gasteiger partial charge in [0.1, 0.15) is 6.04 Å². The van der Waals surface area contributed by atoms with Gasteiger partial charge >= 0.3 is 12.0 Å². The lowest BCUT2D eigenvalue weighted by molar-refractivity contribution is -0.140. The van der Waals surface area contributed by atoms with E-state index in [2.05, 4.69) is 5.32 Å². The number of thioether (sulfide) groups is 2. The maximum absolute atomic E-state index is 11.9. The highest BCUT2D eigenvalue weighted by Crippen LogP contribution is 2.23. The van der Waals surface area contributed by atoms with E-state index in [9.17, 15) is 9.59 Å². The van der Waals surface area contributed by atoms with Crippen LogP contribution in [0.4, 0.5) is 4.79 Å². The summed E-state index contributed by atoms with van der Waals surface area (Å²) in [6, 6.07) is -0.900. The largest absolute Gasteiger partial charge is 0.480 e. The average Bonchev–Trinajstić information content (AvgIpc) is 2.86. The Kier molecular flexibility index (Phi) is 5.05. The Hall–Kier alpha value is -0.560. The summed E-state index contributed by atoms with van der Waals surface area (Å²) in [6.45, 7) is 0.674. The summed E-state index contributed by atoms with van der Waals surface area (Å²) >= 11 is 3.45. The molecule has 0 aromatic rings. The third-order valence-corrected chi connectivity index (χ3v) is 5.37. The van der Waals surface area contributed by atoms with E-state index in [0.29, 0.717) is 24.1 Å². The molecule has 2 fully saturated rings. The number of carboxylic acid groups (broad SMARTS) is 1. The van der Waals surface area contributed by atoms with Gasteiger partial charge in [0.2, 0.25) is 0 Å². The van der Waals surface area contributed by atoms with Gasteiger partial charge in [0.05, 0.1) is 5.88 Å². The highest BCUT2D eigenvalue weighted by atomic mass is 32.2. The molecule has 18 heavy (non-hydrogen) atoms. The van der Waals surface area contributed by atoms with Crippen molar-refractivity contribution in [3.8, 4) is 0 Å². The first-order valence-corrected chi connectivity index (χ1v) is 8.42. The molecule has 2 amide bonds. The van der Waals surface area contributed by atoms with E-state index < -0.39 is 12.0 Å². The first-order valence-electron chi connectivity index (χ1n) is 6.11. The minimum Gasteiger partial charge on any atom is -0.480 e. The lowest BCUT2D eigenvalue weighted by Gasteiger charge is -2.25. The summed E-state index contributed by atoms with van der Waals surface area (Å²) in [5.74, 6) is 2.93. The number of carboxylic acids is 1. The molecule has 5 nitrogen and oxygen atoms in total. The number of carbonyl (C=O) groups is 2. The standard InChI is InChI=1S/C11H18N2O3S2/c14-10(15)9-6-18-7-13(9)11(16)12-5-8-1-3-17-4-2-8/h8-9H,1-7H2,(H,12,16)(H,14,15). The van der Waals surface area contributed by atoms with Crippen molar-refractivity contribution >= 4 is 35.5 Å². The van der Waals surface area contributed by atoms with E-state index in [1.807, 2.05) is 11.8 Å². The minimum absolute atomic E-state index is 0.231. The molecule has 2 aliphatic heterocycles. The van der Waals surface area contributed by atoms with Crippen LogP contribution in [0.5, 0.6) is 0 Å². The molecule has 1 atom stereocenters. The molecule has 0 aliphatic carbocycles. The van der Waals surface area contributed by atoms with Crippen molar-refractivity contribution < 1.29 is 14.7 Å². The quantitative estimate of drug-likeness (QED) is 0.820. The topological polar surface area (TPSA) is 69.6 Å². The lowest BCUT2D eigenvalue weighted by atomic mass is 10.0. The fraction of sp³-hybridized carbons (Fsp3) is 0.818. The fourth-order valence-corrected chi connectivity index (χ4v) is 4.48. The average molecular weight is 290 g/mol. The smallest absolute Gasteiger partial charge is 0.327 e. The molecule has 7 heteroatoms. The van der Waals surface area contributed by atoms with Crippen molar-refractivity contribution in [3.05, 3.63) is 0 Å². The Morgan fingerprint density at radius 1 is 1.28 bits per heavy atom. The van der Waals surface area contributed by atoms with Crippen LogP contribution >= 0.6 is 23.5 Å². The van der Waals surface area contributed by atoms with Gasteiger partial charge in [0.15, 0.2) is 0 Å². The van der Waals surface area contributed by atoms with E-state index in [-0.39, 0.29) is 6.03 Å². The SMILES string of the molecule is O=C(O)C1CSCN1C(=O)NCC1CCSCC1. The van der Waals surface area contributed by atoms with Crippen LogP contribution in [0.2, 0.25) is 0 Å². The van der Waals surface area contributed by atoms with Gasteiger partial charge in [-0.05, 0) is 30.3 Å². The van der Waals surface area contributed by atoms with Crippen molar-refractivity contribution in [2.75, 3.05) is 29.7 Å². The maximum atomic E-state index is 11.9. The second-order valence-corrected chi connectivity index (χ2v) is 6.79. The highest BCUT2D eigenvalue weighted by molar-refractivity contribution is 7.99. The van der Waals surface area contributed by atoms with Gasteiger partial charge in [-0.15, -0.1) is 11.8 Å². The number of rotatable bonds is 3. The van der Waals surface area contributed by atoms with E-state index in [1.54, 1.807) is 0 Å². The van der Waals surface area contributed by atoms with Crippen molar-refractivity contribution in [3.63, 3.8) is 0 Å². The van der Waals surface area contributed by atoms with Crippen molar-refractivity contribution in [1.82, 2.24) is 10.2 Å². The predicted octanol–water partition coefficient (Wildman–Crippen LogP) is 1.30.